The number of carbonyl (C=O) groups is 1. The van der Waals surface area contributed by atoms with Crippen molar-refractivity contribution in [2.24, 2.45) is 0 Å². The number of hydrogen-bond acceptors (Lipinski definition) is 4. The normalized spacial score (nSPS) is 16.1. The van der Waals surface area contributed by atoms with Gasteiger partial charge in [-0.05, 0) is 38.1 Å². The van der Waals surface area contributed by atoms with Crippen molar-refractivity contribution in [2.45, 2.75) is 68.8 Å². The number of nitrogens with zero attached hydrogens (tertiary/aromatic N) is 3. The summed E-state index contributed by atoms with van der Waals surface area (Å²) in [6, 6.07) is 14.1. The number of carbonyl (C=O) groups excluding carboxylic acids is 1. The van der Waals surface area contributed by atoms with Crippen LogP contribution < -0.4 is 5.32 Å². The van der Waals surface area contributed by atoms with E-state index in [1.165, 1.54) is 43.9 Å². The molecular weight excluding hydrogens is 380 g/mol. The molecule has 0 spiro atoms. The summed E-state index contributed by atoms with van der Waals surface area (Å²) in [5, 5.41) is 14.8. The average molecular weight is 409 g/mol. The quantitative estimate of drug-likeness (QED) is 0.538. The van der Waals surface area contributed by atoms with Crippen LogP contribution in [0.15, 0.2) is 47.6 Å². The summed E-state index contributed by atoms with van der Waals surface area (Å²) in [5.41, 5.74) is 0.848. The molecule has 0 radical (unpaired) electrons. The molecule has 1 aliphatic rings. The van der Waals surface area contributed by atoms with Crippen LogP contribution in [0.4, 0.5) is 5.69 Å². The Hall–Kier alpha value is -2.34. The molecule has 1 fully saturated rings. The second kappa shape index (κ2) is 8.99. The molecule has 6 heteroatoms. The van der Waals surface area contributed by atoms with Gasteiger partial charge in [-0.2, -0.15) is 0 Å². The van der Waals surface area contributed by atoms with Crippen LogP contribution in [0.3, 0.4) is 0 Å². The van der Waals surface area contributed by atoms with Gasteiger partial charge in [0.1, 0.15) is 5.82 Å². The van der Waals surface area contributed by atoms with Gasteiger partial charge < -0.3 is 9.88 Å². The van der Waals surface area contributed by atoms with E-state index in [2.05, 4.69) is 39.1 Å². The molecule has 1 saturated carbocycles. The minimum atomic E-state index is -0.261. The van der Waals surface area contributed by atoms with Crippen LogP contribution in [-0.2, 0) is 11.3 Å². The summed E-state index contributed by atoms with van der Waals surface area (Å²) in [7, 11) is 0. The molecule has 3 aromatic rings. The molecule has 1 N–H and O–H groups in total. The zero-order chi connectivity index (χ0) is 20.2. The molecule has 4 rings (SSSR count). The van der Waals surface area contributed by atoms with E-state index in [-0.39, 0.29) is 11.2 Å². The van der Waals surface area contributed by atoms with Crippen molar-refractivity contribution in [1.29, 1.82) is 0 Å². The van der Waals surface area contributed by atoms with E-state index in [0.29, 0.717) is 5.92 Å². The monoisotopic (exact) mass is 408 g/mol. The Balaban J connectivity index is 1.48. The van der Waals surface area contributed by atoms with Crippen LogP contribution in [0.2, 0.25) is 0 Å². The number of nitrogens with one attached hydrogen (secondary N) is 1. The number of aromatic nitrogens is 3. The third-order valence-electron chi connectivity index (χ3n) is 5.73. The van der Waals surface area contributed by atoms with Gasteiger partial charge in [0.25, 0.3) is 0 Å². The number of fused-ring (bicyclic) bond motifs is 1. The molecule has 1 atom stereocenters. The molecule has 1 aliphatic carbocycles. The van der Waals surface area contributed by atoms with E-state index in [0.717, 1.165) is 34.0 Å². The third kappa shape index (κ3) is 4.32. The zero-order valence-electron chi connectivity index (χ0n) is 17.1. The number of anilines is 1. The van der Waals surface area contributed by atoms with Crippen LogP contribution in [0.5, 0.6) is 0 Å². The fraction of sp³-hybridized carbons (Fsp3) is 0.435. The lowest BCUT2D eigenvalue weighted by Crippen LogP contribution is -2.23. The van der Waals surface area contributed by atoms with E-state index in [1.54, 1.807) is 0 Å². The standard InChI is InChI=1S/C23H28N4OS/c1-3-27-21(18-11-5-4-6-12-18)25-26-23(27)29-16(2)22(28)24-20-15-9-13-17-10-7-8-14-19(17)20/h7-10,13-16,18H,3-6,11-12H2,1-2H3,(H,24,28)/t16-/m1/s1. The van der Waals surface area contributed by atoms with Crippen LogP contribution in [-0.4, -0.2) is 25.9 Å². The number of hydrogen-bond donors (Lipinski definition) is 1. The molecule has 5 nitrogen and oxygen atoms in total. The van der Waals surface area contributed by atoms with E-state index in [9.17, 15) is 4.79 Å². The van der Waals surface area contributed by atoms with Crippen LogP contribution in [0, 0.1) is 0 Å². The van der Waals surface area contributed by atoms with E-state index < -0.39 is 0 Å². The fourth-order valence-electron chi connectivity index (χ4n) is 4.13. The maximum Gasteiger partial charge on any atom is 0.237 e. The number of rotatable bonds is 6. The maximum absolute atomic E-state index is 12.9. The lowest BCUT2D eigenvalue weighted by atomic mass is 9.89. The molecule has 152 valence electrons. The van der Waals surface area contributed by atoms with Gasteiger partial charge in [-0.15, -0.1) is 10.2 Å². The molecule has 0 unspecified atom stereocenters. The first kappa shape index (κ1) is 20.0. The first-order valence-electron chi connectivity index (χ1n) is 10.6. The largest absolute Gasteiger partial charge is 0.325 e. The fourth-order valence-corrected chi connectivity index (χ4v) is 5.05. The Bertz CT molecular complexity index is 988. The van der Waals surface area contributed by atoms with Crippen molar-refractivity contribution < 1.29 is 4.79 Å². The van der Waals surface area contributed by atoms with Gasteiger partial charge in [0, 0.05) is 23.5 Å². The second-order valence-electron chi connectivity index (χ2n) is 7.70. The Labute approximate surface area is 176 Å². The molecule has 2 aromatic carbocycles. The van der Waals surface area contributed by atoms with Gasteiger partial charge in [0.15, 0.2) is 5.16 Å². The summed E-state index contributed by atoms with van der Waals surface area (Å²) in [5.74, 6) is 1.58. The predicted molar refractivity (Wildman–Crippen MR) is 119 cm³/mol. The maximum atomic E-state index is 12.9. The molecule has 0 saturated heterocycles. The van der Waals surface area contributed by atoms with Crippen molar-refractivity contribution in [2.75, 3.05) is 5.32 Å². The molecular formula is C23H28N4OS. The number of benzene rings is 2. The van der Waals surface area contributed by atoms with Gasteiger partial charge in [-0.3, -0.25) is 4.79 Å². The smallest absolute Gasteiger partial charge is 0.237 e. The Morgan fingerprint density at radius 2 is 1.90 bits per heavy atom. The topological polar surface area (TPSA) is 59.8 Å². The summed E-state index contributed by atoms with van der Waals surface area (Å²) in [6.45, 7) is 4.89. The van der Waals surface area contributed by atoms with Crippen molar-refractivity contribution in [3.63, 3.8) is 0 Å². The molecule has 1 aromatic heterocycles. The van der Waals surface area contributed by atoms with Gasteiger partial charge >= 0.3 is 0 Å². The summed E-state index contributed by atoms with van der Waals surface area (Å²) < 4.78 is 2.20. The lowest BCUT2D eigenvalue weighted by molar-refractivity contribution is -0.115. The average Bonchev–Trinajstić information content (AvgIpc) is 3.17. The van der Waals surface area contributed by atoms with Crippen molar-refractivity contribution >= 4 is 34.1 Å². The van der Waals surface area contributed by atoms with Crippen molar-refractivity contribution in [3.8, 4) is 0 Å². The molecule has 1 amide bonds. The lowest BCUT2D eigenvalue weighted by Gasteiger charge is -2.21. The second-order valence-corrected chi connectivity index (χ2v) is 9.00. The summed E-state index contributed by atoms with van der Waals surface area (Å²) >= 11 is 1.49. The minimum absolute atomic E-state index is 0.0174. The molecule has 1 heterocycles. The predicted octanol–water partition coefficient (Wildman–Crippen LogP) is 5.62. The van der Waals surface area contributed by atoms with Gasteiger partial charge in [-0.25, -0.2) is 0 Å². The van der Waals surface area contributed by atoms with Gasteiger partial charge in [-0.1, -0.05) is 67.4 Å². The number of thioether (sulfide) groups is 1. The van der Waals surface area contributed by atoms with Gasteiger partial charge in [0.2, 0.25) is 5.91 Å². The van der Waals surface area contributed by atoms with Crippen LogP contribution >= 0.6 is 11.8 Å². The summed E-state index contributed by atoms with van der Waals surface area (Å²) in [4.78, 5) is 12.9. The highest BCUT2D eigenvalue weighted by Gasteiger charge is 2.25. The van der Waals surface area contributed by atoms with E-state index >= 15 is 0 Å². The molecule has 0 aliphatic heterocycles. The highest BCUT2D eigenvalue weighted by Crippen LogP contribution is 2.34. The van der Waals surface area contributed by atoms with E-state index in [4.69, 9.17) is 0 Å². The highest BCUT2D eigenvalue weighted by atomic mass is 32.2. The van der Waals surface area contributed by atoms with Crippen molar-refractivity contribution in [3.05, 3.63) is 48.3 Å². The van der Waals surface area contributed by atoms with E-state index in [1.807, 2.05) is 37.3 Å². The van der Waals surface area contributed by atoms with Crippen LogP contribution in [0.25, 0.3) is 10.8 Å². The SMILES string of the molecule is CCn1c(S[C@H](C)C(=O)Nc2cccc3ccccc23)nnc1C1CCCCC1. The van der Waals surface area contributed by atoms with Crippen molar-refractivity contribution in [1.82, 2.24) is 14.8 Å². The van der Waals surface area contributed by atoms with Gasteiger partial charge in [0.05, 0.1) is 5.25 Å². The van der Waals surface area contributed by atoms with Crippen LogP contribution in [0.1, 0.15) is 57.7 Å². The number of amides is 1. The Morgan fingerprint density at radius 3 is 2.69 bits per heavy atom. The minimum Gasteiger partial charge on any atom is -0.325 e. The summed E-state index contributed by atoms with van der Waals surface area (Å²) in [6.07, 6.45) is 6.25. The highest BCUT2D eigenvalue weighted by molar-refractivity contribution is 8.00. The molecule has 0 bridgehead atoms. The Kier molecular flexibility index (Phi) is 6.19. The first-order valence-corrected chi connectivity index (χ1v) is 11.4. The first-order chi connectivity index (χ1) is 14.2. The zero-order valence-corrected chi connectivity index (χ0v) is 17.9. The molecule has 29 heavy (non-hydrogen) atoms. The Morgan fingerprint density at radius 1 is 1.14 bits per heavy atom. The third-order valence-corrected chi connectivity index (χ3v) is 6.81.